The predicted octanol–water partition coefficient (Wildman–Crippen LogP) is 4.37. The molecule has 0 bridgehead atoms. The number of nitrogens with one attached hydrogen (secondary N) is 1. The molecule has 0 radical (unpaired) electrons. The Balaban J connectivity index is 2.05. The van der Waals surface area contributed by atoms with Gasteiger partial charge in [0.25, 0.3) is 0 Å². The van der Waals surface area contributed by atoms with Crippen molar-refractivity contribution in [1.29, 1.82) is 0 Å². The summed E-state index contributed by atoms with van der Waals surface area (Å²) in [4.78, 5) is 3.67. The first kappa shape index (κ1) is 16.4. The van der Waals surface area contributed by atoms with E-state index >= 15 is 0 Å². The van der Waals surface area contributed by atoms with Crippen LogP contribution in [0.2, 0.25) is 4.34 Å². The minimum Gasteiger partial charge on any atom is -0.312 e. The van der Waals surface area contributed by atoms with E-state index in [2.05, 4.69) is 53.1 Å². The maximum Gasteiger partial charge on any atom is 0.107 e. The molecule has 5 heteroatoms. The fraction of sp³-hybridized carbons (Fsp3) is 0.692. The molecule has 0 aliphatic rings. The molecule has 0 aromatic carbocycles. The van der Waals surface area contributed by atoms with E-state index in [1.54, 1.807) is 11.3 Å². The van der Waals surface area contributed by atoms with Crippen molar-refractivity contribution in [3.8, 4) is 0 Å². The van der Waals surface area contributed by atoms with E-state index in [0.29, 0.717) is 6.04 Å². The van der Waals surface area contributed by atoms with Gasteiger partial charge in [0.1, 0.15) is 4.34 Å². The second-order valence-corrected chi connectivity index (χ2v) is 7.39. The second-order valence-electron chi connectivity index (χ2n) is 4.79. The maximum absolute atomic E-state index is 5.99. The third-order valence-electron chi connectivity index (χ3n) is 2.99. The molecule has 0 aliphatic heterocycles. The highest BCUT2D eigenvalue weighted by atomic mass is 79.9. The third-order valence-corrected chi connectivity index (χ3v) is 5.47. The highest BCUT2D eigenvalue weighted by Crippen LogP contribution is 2.31. The number of nitrogens with zero attached hydrogens (tertiary/aromatic N) is 1. The number of hydrogen-bond acceptors (Lipinski definition) is 3. The predicted molar refractivity (Wildman–Crippen MR) is 85.7 cm³/mol. The lowest BCUT2D eigenvalue weighted by Gasteiger charge is -2.20. The van der Waals surface area contributed by atoms with Crippen LogP contribution < -0.4 is 5.32 Å². The Bertz CT molecular complexity index is 335. The molecule has 0 saturated carbocycles. The molecule has 1 heterocycles. The van der Waals surface area contributed by atoms with Crippen LogP contribution in [-0.4, -0.2) is 31.1 Å². The molecule has 0 amide bonds. The SMILES string of the molecule is CC(C)N(C)CCCCNCc1cc(Br)c(Cl)s1. The smallest absolute Gasteiger partial charge is 0.107 e. The molecule has 0 unspecified atom stereocenters. The van der Waals surface area contributed by atoms with Gasteiger partial charge in [0.05, 0.1) is 0 Å². The molecule has 18 heavy (non-hydrogen) atoms. The number of halogens is 2. The molecule has 0 atom stereocenters. The van der Waals surface area contributed by atoms with E-state index < -0.39 is 0 Å². The van der Waals surface area contributed by atoms with Crippen LogP contribution in [0.15, 0.2) is 10.5 Å². The van der Waals surface area contributed by atoms with E-state index in [-0.39, 0.29) is 0 Å². The standard InChI is InChI=1S/C13H22BrClN2S/c1-10(2)17(3)7-5-4-6-16-9-11-8-12(14)13(15)18-11/h8,10,16H,4-7,9H2,1-3H3. The quantitative estimate of drug-likeness (QED) is 0.698. The van der Waals surface area contributed by atoms with Crippen molar-refractivity contribution in [3.05, 3.63) is 19.8 Å². The van der Waals surface area contributed by atoms with Crippen molar-refractivity contribution in [1.82, 2.24) is 10.2 Å². The molecule has 2 nitrogen and oxygen atoms in total. The van der Waals surface area contributed by atoms with Crippen LogP contribution in [-0.2, 0) is 6.54 Å². The van der Waals surface area contributed by atoms with Crippen LogP contribution in [0, 0.1) is 0 Å². The van der Waals surface area contributed by atoms with E-state index in [1.807, 2.05) is 0 Å². The number of rotatable bonds is 8. The summed E-state index contributed by atoms with van der Waals surface area (Å²) < 4.78 is 1.84. The Hall–Kier alpha value is 0.390. The minimum absolute atomic E-state index is 0.642. The van der Waals surface area contributed by atoms with Crippen molar-refractivity contribution in [2.45, 2.75) is 39.3 Å². The average Bonchev–Trinajstić information content (AvgIpc) is 2.62. The van der Waals surface area contributed by atoms with Crippen molar-refractivity contribution >= 4 is 38.9 Å². The van der Waals surface area contributed by atoms with Crippen molar-refractivity contribution in [3.63, 3.8) is 0 Å². The van der Waals surface area contributed by atoms with Gasteiger partial charge in [0.2, 0.25) is 0 Å². The summed E-state index contributed by atoms with van der Waals surface area (Å²) in [5.41, 5.74) is 0. The lowest BCUT2D eigenvalue weighted by molar-refractivity contribution is 0.268. The summed E-state index contributed by atoms with van der Waals surface area (Å²) in [6, 6.07) is 2.73. The first-order chi connectivity index (χ1) is 8.50. The summed E-state index contributed by atoms with van der Waals surface area (Å²) in [6.07, 6.45) is 2.47. The van der Waals surface area contributed by atoms with Crippen LogP contribution >= 0.6 is 38.9 Å². The topological polar surface area (TPSA) is 15.3 Å². The van der Waals surface area contributed by atoms with Gasteiger partial charge in [-0.25, -0.2) is 0 Å². The lowest BCUT2D eigenvalue weighted by Crippen LogP contribution is -2.27. The van der Waals surface area contributed by atoms with E-state index in [9.17, 15) is 0 Å². The first-order valence-electron chi connectivity index (χ1n) is 6.35. The Morgan fingerprint density at radius 1 is 1.44 bits per heavy atom. The summed E-state index contributed by atoms with van der Waals surface area (Å²) in [7, 11) is 2.18. The zero-order valence-corrected chi connectivity index (χ0v) is 14.5. The van der Waals surface area contributed by atoms with Crippen LogP contribution in [0.3, 0.4) is 0 Å². The van der Waals surface area contributed by atoms with Crippen LogP contribution in [0.1, 0.15) is 31.6 Å². The number of thiophene rings is 1. The molecule has 1 aromatic heterocycles. The number of unbranched alkanes of at least 4 members (excludes halogenated alkanes) is 1. The zero-order valence-electron chi connectivity index (χ0n) is 11.3. The monoisotopic (exact) mass is 352 g/mol. The third kappa shape index (κ3) is 6.02. The van der Waals surface area contributed by atoms with Gasteiger partial charge in [-0.05, 0) is 68.8 Å². The van der Waals surface area contributed by atoms with Crippen molar-refractivity contribution in [2.24, 2.45) is 0 Å². The number of hydrogen-bond donors (Lipinski definition) is 1. The Kier molecular flexibility index (Phi) is 7.80. The van der Waals surface area contributed by atoms with E-state index in [0.717, 1.165) is 21.9 Å². The normalized spacial score (nSPS) is 11.7. The molecule has 104 valence electrons. The molecule has 0 aliphatic carbocycles. The summed E-state index contributed by atoms with van der Waals surface area (Å²) >= 11 is 11.1. The largest absolute Gasteiger partial charge is 0.312 e. The van der Waals surface area contributed by atoms with Crippen molar-refractivity contribution in [2.75, 3.05) is 20.1 Å². The van der Waals surface area contributed by atoms with Gasteiger partial charge in [0, 0.05) is 21.9 Å². The van der Waals surface area contributed by atoms with Crippen LogP contribution in [0.4, 0.5) is 0 Å². The van der Waals surface area contributed by atoms with Gasteiger partial charge in [-0.2, -0.15) is 0 Å². The molecule has 0 spiro atoms. The molecule has 1 rings (SSSR count). The zero-order chi connectivity index (χ0) is 13.5. The molecular weight excluding hydrogens is 332 g/mol. The van der Waals surface area contributed by atoms with Crippen LogP contribution in [0.5, 0.6) is 0 Å². The Morgan fingerprint density at radius 2 is 2.17 bits per heavy atom. The summed E-state index contributed by atoms with van der Waals surface area (Å²) in [6.45, 7) is 7.62. The fourth-order valence-electron chi connectivity index (χ4n) is 1.56. The lowest BCUT2D eigenvalue weighted by atomic mass is 10.2. The van der Waals surface area contributed by atoms with Gasteiger partial charge in [-0.15, -0.1) is 11.3 Å². The molecular formula is C13H22BrClN2S. The van der Waals surface area contributed by atoms with Crippen molar-refractivity contribution < 1.29 is 0 Å². The summed E-state index contributed by atoms with van der Waals surface area (Å²) in [5, 5.41) is 3.46. The van der Waals surface area contributed by atoms with Gasteiger partial charge < -0.3 is 10.2 Å². The first-order valence-corrected chi connectivity index (χ1v) is 8.34. The molecule has 0 saturated heterocycles. The minimum atomic E-state index is 0.642. The maximum atomic E-state index is 5.99. The molecule has 0 fully saturated rings. The highest BCUT2D eigenvalue weighted by Gasteiger charge is 2.04. The highest BCUT2D eigenvalue weighted by molar-refractivity contribution is 9.10. The van der Waals surface area contributed by atoms with E-state index in [4.69, 9.17) is 11.6 Å². The van der Waals surface area contributed by atoms with E-state index in [1.165, 1.54) is 24.3 Å². The Morgan fingerprint density at radius 3 is 2.72 bits per heavy atom. The van der Waals surface area contributed by atoms with Gasteiger partial charge in [-0.3, -0.25) is 0 Å². The van der Waals surface area contributed by atoms with Gasteiger partial charge in [-0.1, -0.05) is 11.6 Å². The Labute approximate surface area is 128 Å². The van der Waals surface area contributed by atoms with Gasteiger partial charge in [0.15, 0.2) is 0 Å². The average molecular weight is 354 g/mol. The van der Waals surface area contributed by atoms with Crippen LogP contribution in [0.25, 0.3) is 0 Å². The van der Waals surface area contributed by atoms with Gasteiger partial charge >= 0.3 is 0 Å². The summed E-state index contributed by atoms with van der Waals surface area (Å²) in [5.74, 6) is 0. The fourth-order valence-corrected chi connectivity index (χ4v) is 3.32. The molecule has 1 aromatic rings. The molecule has 1 N–H and O–H groups in total. The second kappa shape index (κ2) is 8.54.